The Morgan fingerprint density at radius 3 is 2.60 bits per heavy atom. The molecule has 0 aliphatic rings. The lowest BCUT2D eigenvalue weighted by molar-refractivity contribution is -0.145. The fraction of sp³-hybridized carbons (Fsp3) is 0.500. The lowest BCUT2D eigenvalue weighted by Gasteiger charge is -2.09. The Morgan fingerprint density at radius 2 is 2.13 bits per heavy atom. The summed E-state index contributed by atoms with van der Waals surface area (Å²) in [4.78, 5) is 6.47. The van der Waals surface area contributed by atoms with Crippen LogP contribution in [0.2, 0.25) is 0 Å². The number of ether oxygens (including phenoxy) is 1. The number of hydrogen-bond acceptors (Lipinski definition) is 4. The highest BCUT2D eigenvalue weighted by molar-refractivity contribution is 5.24. The first-order chi connectivity index (χ1) is 6.99. The van der Waals surface area contributed by atoms with E-state index in [-0.39, 0.29) is 5.88 Å². The number of hydrogen-bond donors (Lipinski definition) is 1. The third-order valence-corrected chi connectivity index (χ3v) is 1.69. The van der Waals surface area contributed by atoms with E-state index in [9.17, 15) is 13.2 Å². The number of nitrogens with zero attached hydrogens (tertiary/aromatic N) is 2. The van der Waals surface area contributed by atoms with Gasteiger partial charge in [0.25, 0.3) is 0 Å². The number of rotatable bonds is 3. The maximum absolute atomic E-state index is 12.2. The lowest BCUT2D eigenvalue weighted by atomic mass is 10.2. The van der Waals surface area contributed by atoms with Crippen molar-refractivity contribution in [2.45, 2.75) is 12.6 Å². The molecule has 0 unspecified atom stereocenters. The van der Waals surface area contributed by atoms with Crippen molar-refractivity contribution in [1.29, 1.82) is 0 Å². The molecule has 84 valence electrons. The van der Waals surface area contributed by atoms with E-state index in [0.717, 1.165) is 6.20 Å². The van der Waals surface area contributed by atoms with Crippen molar-refractivity contribution in [1.82, 2.24) is 9.97 Å². The maximum Gasteiger partial charge on any atom is 0.451 e. The van der Waals surface area contributed by atoms with Gasteiger partial charge < -0.3 is 10.5 Å². The summed E-state index contributed by atoms with van der Waals surface area (Å²) in [6, 6.07) is 0. The normalized spacial score (nSPS) is 11.5. The van der Waals surface area contributed by atoms with Gasteiger partial charge in [0.2, 0.25) is 11.7 Å². The molecule has 0 saturated heterocycles. The first-order valence-electron chi connectivity index (χ1n) is 4.16. The van der Waals surface area contributed by atoms with E-state index in [1.165, 1.54) is 7.11 Å². The zero-order chi connectivity index (χ0) is 11.5. The van der Waals surface area contributed by atoms with Crippen LogP contribution in [-0.4, -0.2) is 23.6 Å². The molecule has 1 aromatic heterocycles. The van der Waals surface area contributed by atoms with Crippen LogP contribution in [0.25, 0.3) is 0 Å². The van der Waals surface area contributed by atoms with Gasteiger partial charge >= 0.3 is 6.18 Å². The monoisotopic (exact) mass is 221 g/mol. The average Bonchev–Trinajstić information content (AvgIpc) is 2.17. The van der Waals surface area contributed by atoms with Crippen LogP contribution in [0.3, 0.4) is 0 Å². The largest absolute Gasteiger partial charge is 0.481 e. The van der Waals surface area contributed by atoms with Crippen molar-refractivity contribution in [3.8, 4) is 5.88 Å². The van der Waals surface area contributed by atoms with E-state index in [1.54, 1.807) is 0 Å². The van der Waals surface area contributed by atoms with Gasteiger partial charge in [-0.15, -0.1) is 0 Å². The summed E-state index contributed by atoms with van der Waals surface area (Å²) in [5.41, 5.74) is 5.74. The molecule has 0 aliphatic carbocycles. The predicted octanol–water partition coefficient (Wildman–Crippen LogP) is 1.01. The Kier molecular flexibility index (Phi) is 3.46. The van der Waals surface area contributed by atoms with Gasteiger partial charge in [-0.3, -0.25) is 0 Å². The van der Waals surface area contributed by atoms with Crippen LogP contribution in [0.15, 0.2) is 6.20 Å². The van der Waals surface area contributed by atoms with Crippen LogP contribution in [0, 0.1) is 0 Å². The Labute approximate surface area is 84.3 Å². The van der Waals surface area contributed by atoms with E-state index >= 15 is 0 Å². The van der Waals surface area contributed by atoms with Crippen molar-refractivity contribution in [2.24, 2.45) is 5.73 Å². The molecule has 0 atom stereocenters. The van der Waals surface area contributed by atoms with Crippen molar-refractivity contribution >= 4 is 0 Å². The number of aromatic nitrogens is 2. The number of alkyl halides is 3. The Morgan fingerprint density at radius 1 is 1.47 bits per heavy atom. The second-order valence-corrected chi connectivity index (χ2v) is 2.76. The first kappa shape index (κ1) is 11.7. The molecule has 1 heterocycles. The van der Waals surface area contributed by atoms with Gasteiger partial charge in [-0.1, -0.05) is 0 Å². The molecule has 4 nitrogen and oxygen atoms in total. The van der Waals surface area contributed by atoms with Gasteiger partial charge in [0, 0.05) is 11.8 Å². The predicted molar refractivity (Wildman–Crippen MR) is 46.3 cm³/mol. The molecule has 0 aromatic carbocycles. The number of halogens is 3. The minimum atomic E-state index is -4.56. The fourth-order valence-electron chi connectivity index (χ4n) is 1.03. The van der Waals surface area contributed by atoms with Gasteiger partial charge in [-0.2, -0.15) is 18.2 Å². The summed E-state index contributed by atoms with van der Waals surface area (Å²) in [7, 11) is 1.25. The molecule has 0 fully saturated rings. The SMILES string of the molecule is COc1nc(C(F)(F)F)ncc1CCN. The minimum Gasteiger partial charge on any atom is -0.481 e. The summed E-state index contributed by atoms with van der Waals surface area (Å²) < 4.78 is 41.4. The quantitative estimate of drug-likeness (QED) is 0.827. The second kappa shape index (κ2) is 4.43. The maximum atomic E-state index is 12.2. The minimum absolute atomic E-state index is 0.0808. The van der Waals surface area contributed by atoms with Crippen molar-refractivity contribution in [2.75, 3.05) is 13.7 Å². The van der Waals surface area contributed by atoms with E-state index in [4.69, 9.17) is 10.5 Å². The second-order valence-electron chi connectivity index (χ2n) is 2.76. The lowest BCUT2D eigenvalue weighted by Crippen LogP contribution is -2.14. The summed E-state index contributed by atoms with van der Waals surface area (Å²) in [6.45, 7) is 0.297. The standard InChI is InChI=1S/C8H10F3N3O/c1-15-6-5(2-3-12)4-13-7(14-6)8(9,10)11/h4H,2-3,12H2,1H3. The molecule has 0 saturated carbocycles. The van der Waals surface area contributed by atoms with Crippen LogP contribution in [0.4, 0.5) is 13.2 Å². The van der Waals surface area contributed by atoms with Crippen LogP contribution < -0.4 is 10.5 Å². The highest BCUT2D eigenvalue weighted by Gasteiger charge is 2.35. The van der Waals surface area contributed by atoms with E-state index in [0.29, 0.717) is 18.5 Å². The third-order valence-electron chi connectivity index (χ3n) is 1.69. The topological polar surface area (TPSA) is 61.0 Å². The molecule has 0 aliphatic heterocycles. The Bertz CT molecular complexity index is 340. The Balaban J connectivity index is 3.08. The molecule has 1 rings (SSSR count). The zero-order valence-corrected chi connectivity index (χ0v) is 8.01. The number of nitrogens with two attached hydrogens (primary N) is 1. The molecular formula is C8H10F3N3O. The van der Waals surface area contributed by atoms with Gasteiger partial charge in [0.15, 0.2) is 0 Å². The molecule has 15 heavy (non-hydrogen) atoms. The average molecular weight is 221 g/mol. The van der Waals surface area contributed by atoms with Gasteiger partial charge in [0.1, 0.15) is 0 Å². The summed E-state index contributed by atoms with van der Waals surface area (Å²) in [6.07, 6.45) is -3.10. The zero-order valence-electron chi connectivity index (χ0n) is 8.01. The van der Waals surface area contributed by atoms with Crippen LogP contribution >= 0.6 is 0 Å². The highest BCUT2D eigenvalue weighted by atomic mass is 19.4. The molecule has 2 N–H and O–H groups in total. The molecular weight excluding hydrogens is 211 g/mol. The van der Waals surface area contributed by atoms with E-state index in [2.05, 4.69) is 9.97 Å². The number of methoxy groups -OCH3 is 1. The van der Waals surface area contributed by atoms with Gasteiger partial charge in [0.05, 0.1) is 7.11 Å². The highest BCUT2D eigenvalue weighted by Crippen LogP contribution is 2.28. The fourth-order valence-corrected chi connectivity index (χ4v) is 1.03. The van der Waals surface area contributed by atoms with Gasteiger partial charge in [-0.25, -0.2) is 4.98 Å². The molecule has 1 aromatic rings. The van der Waals surface area contributed by atoms with Crippen molar-refractivity contribution in [3.63, 3.8) is 0 Å². The van der Waals surface area contributed by atoms with Crippen molar-refractivity contribution < 1.29 is 17.9 Å². The Hall–Kier alpha value is -1.37. The van der Waals surface area contributed by atoms with Crippen LogP contribution in [0.5, 0.6) is 5.88 Å². The summed E-state index contributed by atoms with van der Waals surface area (Å²) in [5.74, 6) is -1.29. The molecule has 0 spiro atoms. The van der Waals surface area contributed by atoms with Crippen molar-refractivity contribution in [3.05, 3.63) is 17.6 Å². The van der Waals surface area contributed by atoms with Gasteiger partial charge in [-0.05, 0) is 13.0 Å². The van der Waals surface area contributed by atoms with E-state index in [1.807, 2.05) is 0 Å². The first-order valence-corrected chi connectivity index (χ1v) is 4.16. The third kappa shape index (κ3) is 2.79. The van der Waals surface area contributed by atoms with E-state index < -0.39 is 12.0 Å². The molecule has 0 bridgehead atoms. The summed E-state index contributed by atoms with van der Waals surface area (Å²) >= 11 is 0. The summed E-state index contributed by atoms with van der Waals surface area (Å²) in [5, 5.41) is 0. The van der Waals surface area contributed by atoms with Crippen LogP contribution in [0.1, 0.15) is 11.4 Å². The smallest absolute Gasteiger partial charge is 0.451 e. The molecule has 0 radical (unpaired) electrons. The molecule has 0 amide bonds. The molecule has 7 heteroatoms. The van der Waals surface area contributed by atoms with Crippen LogP contribution in [-0.2, 0) is 12.6 Å².